The van der Waals surface area contributed by atoms with E-state index in [0.29, 0.717) is 17.1 Å². The van der Waals surface area contributed by atoms with Gasteiger partial charge in [0.15, 0.2) is 11.5 Å². The van der Waals surface area contributed by atoms with Gasteiger partial charge in [-0.1, -0.05) is 12.1 Å². The predicted octanol–water partition coefficient (Wildman–Crippen LogP) is 2.38. The Labute approximate surface area is 137 Å². The lowest BCUT2D eigenvalue weighted by Gasteiger charge is -2.07. The van der Waals surface area contributed by atoms with Crippen LogP contribution in [0.5, 0.6) is 11.5 Å². The summed E-state index contributed by atoms with van der Waals surface area (Å²) in [5.74, 6) is 0.420. The van der Waals surface area contributed by atoms with Crippen molar-refractivity contribution >= 4 is 17.8 Å². The van der Waals surface area contributed by atoms with E-state index >= 15 is 0 Å². The summed E-state index contributed by atoms with van der Waals surface area (Å²) in [6, 6.07) is 10.7. The minimum atomic E-state index is -0.668. The summed E-state index contributed by atoms with van der Waals surface area (Å²) in [7, 11) is 3.04. The molecule has 1 amide bonds. The topological polar surface area (TPSA) is 103 Å². The number of nitro groups is 1. The van der Waals surface area contributed by atoms with Gasteiger partial charge in [0.1, 0.15) is 5.56 Å². The van der Waals surface area contributed by atoms with E-state index < -0.39 is 10.8 Å². The fraction of sp³-hybridized carbons (Fsp3) is 0.125. The lowest BCUT2D eigenvalue weighted by molar-refractivity contribution is -0.385. The Hall–Kier alpha value is -3.42. The van der Waals surface area contributed by atoms with E-state index in [1.807, 2.05) is 0 Å². The zero-order chi connectivity index (χ0) is 17.5. The number of carbonyl (C=O) groups is 1. The highest BCUT2D eigenvalue weighted by atomic mass is 16.6. The summed E-state index contributed by atoms with van der Waals surface area (Å²) >= 11 is 0. The molecule has 0 spiro atoms. The van der Waals surface area contributed by atoms with Gasteiger partial charge in [0.05, 0.1) is 25.4 Å². The Bertz CT molecular complexity index is 789. The van der Waals surface area contributed by atoms with Crippen molar-refractivity contribution in [2.45, 2.75) is 0 Å². The van der Waals surface area contributed by atoms with E-state index in [-0.39, 0.29) is 11.3 Å². The quantitative estimate of drug-likeness (QED) is 0.498. The van der Waals surface area contributed by atoms with Crippen LogP contribution in [0.4, 0.5) is 5.69 Å². The summed E-state index contributed by atoms with van der Waals surface area (Å²) in [6.45, 7) is 0. The van der Waals surface area contributed by atoms with Gasteiger partial charge in [0, 0.05) is 6.07 Å². The molecule has 0 aliphatic carbocycles. The van der Waals surface area contributed by atoms with Crippen molar-refractivity contribution < 1.29 is 19.2 Å². The van der Waals surface area contributed by atoms with Crippen LogP contribution >= 0.6 is 0 Å². The number of hydrogen-bond acceptors (Lipinski definition) is 6. The van der Waals surface area contributed by atoms with E-state index in [1.54, 1.807) is 24.3 Å². The summed E-state index contributed by atoms with van der Waals surface area (Å²) in [5.41, 5.74) is 2.58. The number of nitrogens with zero attached hydrogens (tertiary/aromatic N) is 2. The first kappa shape index (κ1) is 16.9. The average Bonchev–Trinajstić information content (AvgIpc) is 2.61. The number of ether oxygens (including phenoxy) is 2. The largest absolute Gasteiger partial charge is 0.493 e. The van der Waals surface area contributed by atoms with Gasteiger partial charge in [-0.2, -0.15) is 5.10 Å². The van der Waals surface area contributed by atoms with Gasteiger partial charge in [0.25, 0.3) is 11.6 Å². The molecule has 0 saturated heterocycles. The number of para-hydroxylation sites is 1. The van der Waals surface area contributed by atoms with E-state index in [4.69, 9.17) is 9.47 Å². The van der Waals surface area contributed by atoms with Crippen LogP contribution < -0.4 is 14.9 Å². The Morgan fingerprint density at radius 3 is 2.54 bits per heavy atom. The number of hydrogen-bond donors (Lipinski definition) is 1. The van der Waals surface area contributed by atoms with E-state index in [0.717, 1.165) is 0 Å². The number of methoxy groups -OCH3 is 2. The van der Waals surface area contributed by atoms with Gasteiger partial charge in [-0.3, -0.25) is 14.9 Å². The third kappa shape index (κ3) is 3.86. The first-order valence-electron chi connectivity index (χ1n) is 6.85. The highest BCUT2D eigenvalue weighted by Gasteiger charge is 2.18. The van der Waals surface area contributed by atoms with Crippen LogP contribution in [0.15, 0.2) is 47.6 Å². The fourth-order valence-electron chi connectivity index (χ4n) is 1.98. The molecular formula is C16H15N3O5. The molecule has 0 atom stereocenters. The Morgan fingerprint density at radius 1 is 1.17 bits per heavy atom. The summed E-state index contributed by atoms with van der Waals surface area (Å²) in [5, 5.41) is 14.7. The molecule has 0 bridgehead atoms. The first-order valence-corrected chi connectivity index (χ1v) is 6.85. The van der Waals surface area contributed by atoms with E-state index in [2.05, 4.69) is 10.5 Å². The lowest BCUT2D eigenvalue weighted by Crippen LogP contribution is -2.18. The van der Waals surface area contributed by atoms with Gasteiger partial charge >= 0.3 is 0 Å². The Morgan fingerprint density at radius 2 is 1.88 bits per heavy atom. The van der Waals surface area contributed by atoms with Crippen molar-refractivity contribution in [2.24, 2.45) is 5.10 Å². The molecule has 0 heterocycles. The van der Waals surface area contributed by atoms with Crippen LogP contribution in [0.25, 0.3) is 0 Å². The third-order valence-corrected chi connectivity index (χ3v) is 3.13. The standard InChI is InChI=1S/C16H15N3O5/c1-23-14-8-7-11(9-15(14)24-2)10-17-18-16(20)12-5-3-4-6-13(12)19(21)22/h3-10H,1-2H3,(H,18,20). The molecule has 1 N–H and O–H groups in total. The Kier molecular flexibility index (Phi) is 5.45. The number of hydrazone groups is 1. The van der Waals surface area contributed by atoms with Crippen molar-refractivity contribution in [3.63, 3.8) is 0 Å². The SMILES string of the molecule is COc1ccc(C=NNC(=O)c2ccccc2[N+](=O)[O-])cc1OC. The molecule has 0 saturated carbocycles. The fourth-order valence-corrected chi connectivity index (χ4v) is 1.98. The van der Waals surface area contributed by atoms with Crippen LogP contribution in [0, 0.1) is 10.1 Å². The molecule has 0 aliphatic heterocycles. The predicted molar refractivity (Wildman–Crippen MR) is 87.7 cm³/mol. The molecule has 2 rings (SSSR count). The smallest absolute Gasteiger partial charge is 0.282 e. The first-order chi connectivity index (χ1) is 11.6. The maximum absolute atomic E-state index is 12.0. The van der Waals surface area contributed by atoms with Gasteiger partial charge in [-0.15, -0.1) is 0 Å². The molecule has 2 aromatic rings. The van der Waals surface area contributed by atoms with Crippen molar-refractivity contribution in [2.75, 3.05) is 14.2 Å². The lowest BCUT2D eigenvalue weighted by atomic mass is 10.2. The van der Waals surface area contributed by atoms with Gasteiger partial charge in [-0.25, -0.2) is 5.43 Å². The second-order valence-electron chi connectivity index (χ2n) is 4.59. The highest BCUT2D eigenvalue weighted by Crippen LogP contribution is 2.26. The molecule has 124 valence electrons. The molecule has 8 heteroatoms. The monoisotopic (exact) mass is 329 g/mol. The number of rotatable bonds is 6. The van der Waals surface area contributed by atoms with Crippen LogP contribution in [0.2, 0.25) is 0 Å². The molecule has 8 nitrogen and oxygen atoms in total. The molecule has 0 unspecified atom stereocenters. The van der Waals surface area contributed by atoms with Crippen LogP contribution in [-0.4, -0.2) is 31.3 Å². The van der Waals surface area contributed by atoms with Gasteiger partial charge in [-0.05, 0) is 29.8 Å². The second-order valence-corrected chi connectivity index (χ2v) is 4.59. The van der Waals surface area contributed by atoms with E-state index in [9.17, 15) is 14.9 Å². The number of benzene rings is 2. The van der Waals surface area contributed by atoms with Crippen LogP contribution in [0.1, 0.15) is 15.9 Å². The maximum Gasteiger partial charge on any atom is 0.282 e. The summed E-state index contributed by atoms with van der Waals surface area (Å²) in [6.07, 6.45) is 1.40. The zero-order valence-electron chi connectivity index (χ0n) is 13.1. The molecule has 0 aromatic heterocycles. The summed E-state index contributed by atoms with van der Waals surface area (Å²) < 4.78 is 10.3. The number of carbonyl (C=O) groups excluding carboxylic acids is 1. The molecule has 24 heavy (non-hydrogen) atoms. The average molecular weight is 329 g/mol. The van der Waals surface area contributed by atoms with Crippen molar-refractivity contribution in [3.05, 3.63) is 63.7 Å². The normalized spacial score (nSPS) is 10.4. The molecule has 0 fully saturated rings. The van der Waals surface area contributed by atoms with E-state index in [1.165, 1.54) is 38.6 Å². The third-order valence-electron chi connectivity index (χ3n) is 3.13. The van der Waals surface area contributed by atoms with Crippen molar-refractivity contribution in [1.82, 2.24) is 5.43 Å². The molecule has 0 aliphatic rings. The molecule has 2 aromatic carbocycles. The minimum absolute atomic E-state index is 0.0630. The maximum atomic E-state index is 12.0. The highest BCUT2D eigenvalue weighted by molar-refractivity contribution is 5.98. The summed E-state index contributed by atoms with van der Waals surface area (Å²) in [4.78, 5) is 22.3. The number of nitro benzene ring substituents is 1. The van der Waals surface area contributed by atoms with Gasteiger partial charge < -0.3 is 9.47 Å². The van der Waals surface area contributed by atoms with Crippen molar-refractivity contribution in [3.8, 4) is 11.5 Å². The van der Waals surface area contributed by atoms with Crippen LogP contribution in [0.3, 0.4) is 0 Å². The Balaban J connectivity index is 2.12. The van der Waals surface area contributed by atoms with Crippen LogP contribution in [-0.2, 0) is 0 Å². The van der Waals surface area contributed by atoms with Gasteiger partial charge in [0.2, 0.25) is 0 Å². The number of amides is 1. The molecule has 0 radical (unpaired) electrons. The number of nitrogens with one attached hydrogen (secondary N) is 1. The zero-order valence-corrected chi connectivity index (χ0v) is 13.1. The second kappa shape index (κ2) is 7.73. The molecular weight excluding hydrogens is 314 g/mol. The van der Waals surface area contributed by atoms with Crippen molar-refractivity contribution in [1.29, 1.82) is 0 Å². The minimum Gasteiger partial charge on any atom is -0.493 e.